The maximum Gasteiger partial charge on any atom is 0.228 e. The molecule has 4 nitrogen and oxygen atoms in total. The summed E-state index contributed by atoms with van der Waals surface area (Å²) in [6.45, 7) is 8.89. The summed E-state index contributed by atoms with van der Waals surface area (Å²) in [7, 11) is 0. The number of unbranched alkanes of at least 4 members (excludes halogenated alkanes) is 2. The van der Waals surface area contributed by atoms with Gasteiger partial charge in [-0.3, -0.25) is 9.78 Å². The average Bonchev–Trinajstić information content (AvgIpc) is 2.74. The summed E-state index contributed by atoms with van der Waals surface area (Å²) < 4.78 is 1.92. The Labute approximate surface area is 182 Å². The summed E-state index contributed by atoms with van der Waals surface area (Å²) >= 11 is 0. The van der Waals surface area contributed by atoms with E-state index in [1.807, 2.05) is 16.7 Å². The number of carbonyl (C=O) groups excluding carboxylic acids is 1. The van der Waals surface area contributed by atoms with E-state index in [-0.39, 0.29) is 0 Å². The summed E-state index contributed by atoms with van der Waals surface area (Å²) in [5.74, 6) is 3.26. The number of rotatable bonds is 11. The fraction of sp³-hybridized carbons (Fsp3) is 0.731. The zero-order chi connectivity index (χ0) is 21.0. The molecular weight excluding hydrogens is 370 g/mol. The van der Waals surface area contributed by atoms with Crippen LogP contribution >= 0.6 is 0 Å². The molecule has 1 aromatic heterocycles. The Morgan fingerprint density at radius 2 is 1.73 bits per heavy atom. The van der Waals surface area contributed by atoms with Gasteiger partial charge in [-0.2, -0.15) is 0 Å². The number of hydrogen-bond acceptors (Lipinski definition) is 2. The smallest absolute Gasteiger partial charge is 0.228 e. The SMILES string of the molecule is C=[N+](CCC(=O)N(CCCCC)CCC12CC3CC(CC(C3)C1)C2)c1ccncc1. The predicted molar refractivity (Wildman–Crippen MR) is 122 cm³/mol. The van der Waals surface area contributed by atoms with Gasteiger partial charge in [0.2, 0.25) is 11.6 Å². The van der Waals surface area contributed by atoms with Crippen molar-refractivity contribution in [3.8, 4) is 0 Å². The maximum atomic E-state index is 13.1. The van der Waals surface area contributed by atoms with E-state index in [1.165, 1.54) is 57.8 Å². The van der Waals surface area contributed by atoms with E-state index in [0.717, 1.165) is 43.0 Å². The van der Waals surface area contributed by atoms with Crippen LogP contribution in [0.5, 0.6) is 0 Å². The fourth-order valence-corrected chi connectivity index (χ4v) is 6.95. The summed E-state index contributed by atoms with van der Waals surface area (Å²) in [6, 6.07) is 3.90. The van der Waals surface area contributed by atoms with Crippen LogP contribution in [-0.4, -0.2) is 46.7 Å². The molecule has 4 fully saturated rings. The van der Waals surface area contributed by atoms with Gasteiger partial charge in [0.05, 0.1) is 6.42 Å². The van der Waals surface area contributed by atoms with Gasteiger partial charge in [0, 0.05) is 37.6 Å². The lowest BCUT2D eigenvalue weighted by atomic mass is 9.49. The molecule has 0 spiro atoms. The van der Waals surface area contributed by atoms with Gasteiger partial charge in [0.25, 0.3) is 0 Å². The molecule has 4 aliphatic carbocycles. The van der Waals surface area contributed by atoms with Crippen molar-refractivity contribution in [1.29, 1.82) is 0 Å². The second-order valence-electron chi connectivity index (χ2n) is 10.5. The van der Waals surface area contributed by atoms with Gasteiger partial charge in [0.1, 0.15) is 6.72 Å². The quantitative estimate of drug-likeness (QED) is 0.277. The lowest BCUT2D eigenvalue weighted by molar-refractivity contribution is -0.430. The van der Waals surface area contributed by atoms with Crippen molar-refractivity contribution >= 4 is 18.3 Å². The summed E-state index contributed by atoms with van der Waals surface area (Å²) in [6.07, 6.45) is 17.6. The van der Waals surface area contributed by atoms with Crippen LogP contribution in [0.25, 0.3) is 0 Å². The molecule has 0 unspecified atom stereocenters. The molecule has 4 heteroatoms. The van der Waals surface area contributed by atoms with Crippen molar-refractivity contribution in [2.75, 3.05) is 19.6 Å². The van der Waals surface area contributed by atoms with Gasteiger partial charge >= 0.3 is 0 Å². The Hall–Kier alpha value is -1.71. The van der Waals surface area contributed by atoms with Crippen LogP contribution in [0.2, 0.25) is 0 Å². The number of aromatic nitrogens is 1. The fourth-order valence-electron chi connectivity index (χ4n) is 6.95. The van der Waals surface area contributed by atoms with Gasteiger partial charge in [-0.25, -0.2) is 4.58 Å². The Morgan fingerprint density at radius 1 is 1.10 bits per heavy atom. The minimum absolute atomic E-state index is 0.304. The van der Waals surface area contributed by atoms with Crippen molar-refractivity contribution in [2.24, 2.45) is 23.2 Å². The number of amides is 1. The first kappa shape index (κ1) is 21.5. The molecule has 0 radical (unpaired) electrons. The number of carbonyl (C=O) groups is 1. The highest BCUT2D eigenvalue weighted by Crippen LogP contribution is 2.61. The largest absolute Gasteiger partial charge is 0.342 e. The number of nitrogens with zero attached hydrogens (tertiary/aromatic N) is 3. The molecule has 1 heterocycles. The highest BCUT2D eigenvalue weighted by Gasteiger charge is 2.50. The average molecular weight is 411 g/mol. The molecule has 4 saturated carbocycles. The third kappa shape index (κ3) is 5.12. The maximum absolute atomic E-state index is 13.1. The van der Waals surface area contributed by atoms with Crippen molar-refractivity contribution < 1.29 is 9.37 Å². The highest BCUT2D eigenvalue weighted by molar-refractivity contribution is 5.76. The minimum atomic E-state index is 0.304. The molecule has 0 aliphatic heterocycles. The molecule has 1 aromatic rings. The molecule has 4 bridgehead atoms. The van der Waals surface area contributed by atoms with Crippen molar-refractivity contribution in [1.82, 2.24) is 9.88 Å². The Kier molecular flexibility index (Phi) is 6.90. The second kappa shape index (κ2) is 9.62. The van der Waals surface area contributed by atoms with Crippen LogP contribution in [0.3, 0.4) is 0 Å². The second-order valence-corrected chi connectivity index (χ2v) is 10.5. The number of pyridine rings is 1. The predicted octanol–water partition coefficient (Wildman–Crippen LogP) is 5.44. The van der Waals surface area contributed by atoms with Crippen LogP contribution in [0.15, 0.2) is 24.5 Å². The van der Waals surface area contributed by atoms with E-state index >= 15 is 0 Å². The van der Waals surface area contributed by atoms with Crippen molar-refractivity contribution in [3.63, 3.8) is 0 Å². The van der Waals surface area contributed by atoms with Gasteiger partial charge in [0.15, 0.2) is 6.54 Å². The molecular formula is C26H40N3O+. The third-order valence-corrected chi connectivity index (χ3v) is 8.08. The van der Waals surface area contributed by atoms with E-state index in [0.29, 0.717) is 24.3 Å². The molecule has 0 N–H and O–H groups in total. The van der Waals surface area contributed by atoms with E-state index in [2.05, 4.69) is 23.5 Å². The van der Waals surface area contributed by atoms with Crippen LogP contribution < -0.4 is 0 Å². The lowest BCUT2D eigenvalue weighted by Crippen LogP contribution is -2.47. The van der Waals surface area contributed by atoms with Crippen molar-refractivity contribution in [2.45, 2.75) is 77.6 Å². The Bertz CT molecular complexity index is 694. The molecule has 4 aliphatic rings. The van der Waals surface area contributed by atoms with E-state index in [9.17, 15) is 4.79 Å². The van der Waals surface area contributed by atoms with Gasteiger partial charge < -0.3 is 4.90 Å². The van der Waals surface area contributed by atoms with Crippen LogP contribution in [0.1, 0.15) is 77.6 Å². The van der Waals surface area contributed by atoms with Crippen LogP contribution in [0, 0.1) is 23.2 Å². The first-order chi connectivity index (χ1) is 14.6. The molecule has 0 saturated heterocycles. The summed E-state index contributed by atoms with van der Waals surface area (Å²) in [4.78, 5) is 19.4. The van der Waals surface area contributed by atoms with Crippen molar-refractivity contribution in [3.05, 3.63) is 24.5 Å². The lowest BCUT2D eigenvalue weighted by Gasteiger charge is -2.57. The zero-order valence-corrected chi connectivity index (χ0v) is 18.9. The zero-order valence-electron chi connectivity index (χ0n) is 18.9. The van der Waals surface area contributed by atoms with Gasteiger partial charge in [-0.15, -0.1) is 0 Å². The summed E-state index contributed by atoms with van der Waals surface area (Å²) in [5.41, 5.74) is 1.57. The standard InChI is InChI=1S/C26H40N3O/c1-3-4-5-12-29(25(30)8-13-28(2)24-6-10-27-11-7-24)14-9-26-18-21-15-22(19-26)17-23(16-21)20-26/h6-7,10-11,21-23H,2-5,8-9,12-20H2,1H3/q+1. The monoisotopic (exact) mass is 410 g/mol. The molecule has 30 heavy (non-hydrogen) atoms. The molecule has 0 atom stereocenters. The topological polar surface area (TPSA) is 36.2 Å². The van der Waals surface area contributed by atoms with Gasteiger partial charge in [-0.05, 0) is 74.5 Å². The van der Waals surface area contributed by atoms with Gasteiger partial charge in [-0.1, -0.05) is 19.8 Å². The highest BCUT2D eigenvalue weighted by atomic mass is 16.2. The third-order valence-electron chi connectivity index (χ3n) is 8.08. The van der Waals surface area contributed by atoms with Crippen LogP contribution in [-0.2, 0) is 4.79 Å². The van der Waals surface area contributed by atoms with E-state index < -0.39 is 0 Å². The molecule has 5 rings (SSSR count). The normalized spacial score (nSPS) is 29.2. The van der Waals surface area contributed by atoms with E-state index in [4.69, 9.17) is 0 Å². The molecule has 164 valence electrons. The molecule has 1 amide bonds. The van der Waals surface area contributed by atoms with E-state index in [1.54, 1.807) is 12.4 Å². The first-order valence-electron chi connectivity index (χ1n) is 12.3. The van der Waals surface area contributed by atoms with Crippen LogP contribution in [0.4, 0.5) is 5.69 Å². The first-order valence-corrected chi connectivity index (χ1v) is 12.3. The summed E-state index contributed by atoms with van der Waals surface area (Å²) in [5, 5.41) is 0. The minimum Gasteiger partial charge on any atom is -0.342 e. The number of hydrogen-bond donors (Lipinski definition) is 0. The molecule has 0 aromatic carbocycles. The Morgan fingerprint density at radius 3 is 2.33 bits per heavy atom. The Balaban J connectivity index is 1.32.